The van der Waals surface area contributed by atoms with Gasteiger partial charge in [0.2, 0.25) is 0 Å². The van der Waals surface area contributed by atoms with E-state index in [-0.39, 0.29) is 49.4 Å². The van der Waals surface area contributed by atoms with Crippen LogP contribution >= 0.6 is 0 Å². The molecule has 0 spiro atoms. The number of amides is 2. The summed E-state index contributed by atoms with van der Waals surface area (Å²) >= 11 is 0. The minimum atomic E-state index is -1.57. The second kappa shape index (κ2) is 17.2. The first-order valence-electron chi connectivity index (χ1n) is 17.5. The smallest absolute Gasteiger partial charge is 0.407 e. The predicted octanol–water partition coefficient (Wildman–Crippen LogP) is 7.80. The third kappa shape index (κ3) is 9.75. The average Bonchev–Trinajstić information content (AvgIpc) is 3.80. The Labute approximate surface area is 301 Å². The van der Waals surface area contributed by atoms with Crippen molar-refractivity contribution >= 4 is 12.0 Å². The van der Waals surface area contributed by atoms with Gasteiger partial charge in [-0.05, 0) is 66.1 Å². The van der Waals surface area contributed by atoms with E-state index in [9.17, 15) is 18.4 Å². The summed E-state index contributed by atoms with van der Waals surface area (Å²) in [7, 11) is 0. The number of carbonyl (C=O) groups is 2. The molecule has 4 aromatic rings. The van der Waals surface area contributed by atoms with Gasteiger partial charge >= 0.3 is 6.09 Å². The average molecular weight is 724 g/mol. The highest BCUT2D eigenvalue weighted by atomic mass is 19.1. The van der Waals surface area contributed by atoms with Gasteiger partial charge < -0.3 is 19.7 Å². The monoisotopic (exact) mass is 723 g/mol. The highest BCUT2D eigenvalue weighted by Crippen LogP contribution is 2.40. The molecule has 1 fully saturated rings. The zero-order chi connectivity index (χ0) is 37.4. The second-order valence-corrected chi connectivity index (χ2v) is 14.1. The largest absolute Gasteiger partial charge is 0.445 e. The molecule has 13 heteroatoms. The second-order valence-electron chi connectivity index (χ2n) is 14.1. The minimum Gasteiger partial charge on any atom is -0.445 e. The Morgan fingerprint density at radius 2 is 1.75 bits per heavy atom. The van der Waals surface area contributed by atoms with E-state index in [1.54, 1.807) is 36.1 Å². The molecule has 9 nitrogen and oxygen atoms in total. The van der Waals surface area contributed by atoms with E-state index in [0.29, 0.717) is 31.4 Å². The van der Waals surface area contributed by atoms with Crippen LogP contribution in [-0.2, 0) is 27.4 Å². The number of nitrogens with zero attached hydrogens (tertiary/aromatic N) is 4. The van der Waals surface area contributed by atoms with Gasteiger partial charge in [0.15, 0.2) is 11.6 Å². The van der Waals surface area contributed by atoms with Gasteiger partial charge in [-0.15, -0.1) is 0 Å². The van der Waals surface area contributed by atoms with Crippen LogP contribution in [0.5, 0.6) is 0 Å². The molecule has 278 valence electrons. The lowest BCUT2D eigenvalue weighted by Crippen LogP contribution is -2.50. The summed E-state index contributed by atoms with van der Waals surface area (Å²) in [5.41, 5.74) is 0.334. The van der Waals surface area contributed by atoms with Gasteiger partial charge in [-0.1, -0.05) is 70.2 Å². The maximum Gasteiger partial charge on any atom is 0.407 e. The van der Waals surface area contributed by atoms with Gasteiger partial charge in [0.25, 0.3) is 5.91 Å². The van der Waals surface area contributed by atoms with Crippen molar-refractivity contribution in [3.63, 3.8) is 0 Å². The molecule has 1 aliphatic heterocycles. The molecular weight excluding hydrogens is 678 g/mol. The molecule has 1 unspecified atom stereocenters. The Morgan fingerprint density at radius 3 is 2.42 bits per heavy atom. The number of alkyl carbamates (subject to hydrolysis) is 1. The van der Waals surface area contributed by atoms with Gasteiger partial charge in [-0.3, -0.25) is 4.79 Å². The molecule has 0 aliphatic carbocycles. The van der Waals surface area contributed by atoms with Gasteiger partial charge in [0.1, 0.15) is 36.3 Å². The summed E-state index contributed by atoms with van der Waals surface area (Å²) in [6, 6.07) is 17.0. The first kappa shape index (κ1) is 38.5. The van der Waals surface area contributed by atoms with Crippen molar-refractivity contribution in [3.8, 4) is 11.4 Å². The SMILES string of the molecule is CC[C@@H](CN(C(=O)C1CCCO1)[C@@H](c1nc(-c2cc(F)ccc2F)nn1Cc1cccc(F)c1)C(C)(C)C)[C@@H](F)CNC(=O)OCc1ccccc1. The van der Waals surface area contributed by atoms with Crippen LogP contribution in [0.1, 0.15) is 70.0 Å². The zero-order valence-corrected chi connectivity index (χ0v) is 29.8. The highest BCUT2D eigenvalue weighted by molar-refractivity contribution is 5.81. The van der Waals surface area contributed by atoms with Crippen molar-refractivity contribution in [2.75, 3.05) is 19.7 Å². The van der Waals surface area contributed by atoms with E-state index in [1.807, 2.05) is 39.0 Å². The fraction of sp³-hybridized carbons (Fsp3) is 0.436. The number of hydrogen-bond acceptors (Lipinski definition) is 6. The van der Waals surface area contributed by atoms with Gasteiger partial charge in [0.05, 0.1) is 24.7 Å². The molecule has 4 atom stereocenters. The maximum absolute atomic E-state index is 16.1. The fourth-order valence-electron chi connectivity index (χ4n) is 6.41. The molecular formula is C39H45F4N5O4. The Morgan fingerprint density at radius 1 is 1.02 bits per heavy atom. The Balaban J connectivity index is 1.49. The summed E-state index contributed by atoms with van der Waals surface area (Å²) in [6.45, 7) is 7.41. The number of rotatable bonds is 14. The summed E-state index contributed by atoms with van der Waals surface area (Å²) in [4.78, 5) is 33.2. The summed E-state index contributed by atoms with van der Waals surface area (Å²) in [6.07, 6.45) is -1.69. The molecule has 1 aliphatic rings. The molecule has 52 heavy (non-hydrogen) atoms. The molecule has 2 amide bonds. The lowest BCUT2D eigenvalue weighted by molar-refractivity contribution is -0.148. The van der Waals surface area contributed by atoms with Crippen LogP contribution < -0.4 is 5.32 Å². The number of aromatic nitrogens is 3. The van der Waals surface area contributed by atoms with Crippen LogP contribution in [0.3, 0.4) is 0 Å². The lowest BCUT2D eigenvalue weighted by atomic mass is 9.83. The van der Waals surface area contributed by atoms with E-state index in [1.165, 1.54) is 16.8 Å². The standard InChI is InChI=1S/C39H45F4N5O4/c1-5-27(32(43)21-44-38(50)52-24-25-11-7-6-8-12-25)23-47(37(49)33-15-10-18-51-33)34(39(2,3)4)36-45-35(30-20-29(41)16-17-31(30)42)46-48(36)22-26-13-9-14-28(40)19-26/h6-9,11-14,16-17,19-20,27,32-34H,5,10,15,18,21-24H2,1-4H3,(H,44,50)/t27-,32-,33?,34-/m0/s1. The van der Waals surface area contributed by atoms with Gasteiger partial charge in [-0.25, -0.2) is 32.0 Å². The van der Waals surface area contributed by atoms with Gasteiger partial charge in [-0.2, -0.15) is 5.10 Å². The van der Waals surface area contributed by atoms with Crippen LogP contribution in [-0.4, -0.2) is 63.6 Å². The molecule has 3 aromatic carbocycles. The van der Waals surface area contributed by atoms with Crippen molar-refractivity contribution in [1.29, 1.82) is 0 Å². The van der Waals surface area contributed by atoms with Crippen molar-refractivity contribution < 1.29 is 36.6 Å². The number of nitrogens with one attached hydrogen (secondary N) is 1. The van der Waals surface area contributed by atoms with Crippen LogP contribution in [0.2, 0.25) is 0 Å². The summed E-state index contributed by atoms with van der Waals surface area (Å²) in [5.74, 6) is -2.96. The van der Waals surface area contributed by atoms with Crippen LogP contribution in [0, 0.1) is 28.8 Å². The van der Waals surface area contributed by atoms with Crippen LogP contribution in [0.25, 0.3) is 11.4 Å². The first-order valence-corrected chi connectivity index (χ1v) is 17.5. The third-order valence-electron chi connectivity index (χ3n) is 9.08. The number of carbonyl (C=O) groups excluding carboxylic acids is 2. The molecule has 5 rings (SSSR count). The molecule has 2 heterocycles. The van der Waals surface area contributed by atoms with Crippen molar-refractivity contribution in [3.05, 3.63) is 107 Å². The van der Waals surface area contributed by atoms with E-state index in [4.69, 9.17) is 14.5 Å². The number of benzene rings is 3. The number of alkyl halides is 1. The van der Waals surface area contributed by atoms with Crippen molar-refractivity contribution in [1.82, 2.24) is 25.0 Å². The Hall–Kier alpha value is -4.78. The van der Waals surface area contributed by atoms with E-state index < -0.39 is 53.2 Å². The van der Waals surface area contributed by atoms with Crippen LogP contribution in [0.15, 0.2) is 72.8 Å². The number of halogens is 4. The number of ether oxygens (including phenoxy) is 2. The van der Waals surface area contributed by atoms with E-state index >= 15 is 8.78 Å². The minimum absolute atomic E-state index is 0.0104. The molecule has 0 bridgehead atoms. The quantitative estimate of drug-likeness (QED) is 0.133. The topological polar surface area (TPSA) is 98.6 Å². The highest BCUT2D eigenvalue weighted by Gasteiger charge is 2.43. The first-order chi connectivity index (χ1) is 24.8. The van der Waals surface area contributed by atoms with E-state index in [0.717, 1.165) is 23.8 Å². The summed E-state index contributed by atoms with van der Waals surface area (Å²) < 4.78 is 72.4. The Bertz CT molecular complexity index is 1810. The normalized spacial score (nSPS) is 16.3. The molecule has 1 N–H and O–H groups in total. The van der Waals surface area contributed by atoms with Crippen molar-refractivity contribution in [2.45, 2.75) is 78.4 Å². The maximum atomic E-state index is 16.1. The lowest BCUT2D eigenvalue weighted by Gasteiger charge is -2.42. The molecule has 0 saturated carbocycles. The van der Waals surface area contributed by atoms with Gasteiger partial charge in [0, 0.05) is 19.1 Å². The fourth-order valence-corrected chi connectivity index (χ4v) is 6.41. The van der Waals surface area contributed by atoms with Crippen molar-refractivity contribution in [2.24, 2.45) is 11.3 Å². The van der Waals surface area contributed by atoms with E-state index in [2.05, 4.69) is 10.4 Å². The predicted molar refractivity (Wildman–Crippen MR) is 187 cm³/mol. The molecule has 1 aromatic heterocycles. The van der Waals surface area contributed by atoms with Crippen LogP contribution in [0.4, 0.5) is 22.4 Å². The zero-order valence-electron chi connectivity index (χ0n) is 29.8. The molecule has 0 radical (unpaired) electrons. The molecule has 1 saturated heterocycles. The summed E-state index contributed by atoms with van der Waals surface area (Å²) in [5, 5.41) is 7.08. The number of hydrogen-bond donors (Lipinski definition) is 1. The third-order valence-corrected chi connectivity index (χ3v) is 9.08. The Kier molecular flexibility index (Phi) is 12.7.